The number of hydrogen-bond donors (Lipinski definition) is 3. The molecule has 188 valence electrons. The number of fused-ring (bicyclic) bond motifs is 1. The van der Waals surface area contributed by atoms with Crippen LogP contribution >= 0.6 is 0 Å². The van der Waals surface area contributed by atoms with Crippen LogP contribution in [0.25, 0.3) is 0 Å². The number of benzene rings is 2. The van der Waals surface area contributed by atoms with Crippen LogP contribution in [0.15, 0.2) is 60.8 Å². The number of amides is 1. The minimum absolute atomic E-state index is 0.0750. The van der Waals surface area contributed by atoms with Gasteiger partial charge in [0, 0.05) is 42.6 Å². The lowest BCUT2D eigenvalue weighted by molar-refractivity contribution is 0.102. The molecule has 5 rings (SSSR count). The van der Waals surface area contributed by atoms with Gasteiger partial charge in [-0.25, -0.2) is 9.37 Å². The minimum atomic E-state index is -0.274. The molecule has 0 unspecified atom stereocenters. The minimum Gasteiger partial charge on any atom is -0.370 e. The SMILES string of the molecule is CC1(C)CN(CC2CCNCC2)c2cc(NC(=O)c3cccnc3NCc3ccc(F)cc3)ccc21. The van der Waals surface area contributed by atoms with Gasteiger partial charge in [0.25, 0.3) is 5.91 Å². The molecule has 1 saturated heterocycles. The summed E-state index contributed by atoms with van der Waals surface area (Å²) in [6, 6.07) is 16.1. The second-order valence-electron chi connectivity index (χ2n) is 10.5. The number of carbonyl (C=O) groups is 1. The molecule has 3 aromatic rings. The maximum absolute atomic E-state index is 13.3. The molecule has 3 heterocycles. The number of anilines is 3. The van der Waals surface area contributed by atoms with Crippen molar-refractivity contribution >= 4 is 23.1 Å². The topological polar surface area (TPSA) is 69.3 Å². The Kier molecular flexibility index (Phi) is 6.92. The van der Waals surface area contributed by atoms with E-state index in [4.69, 9.17) is 0 Å². The molecule has 0 spiro atoms. The molecule has 0 bridgehead atoms. The number of nitrogens with one attached hydrogen (secondary N) is 3. The summed E-state index contributed by atoms with van der Waals surface area (Å²) in [5, 5.41) is 9.75. The fourth-order valence-corrected chi connectivity index (χ4v) is 5.35. The fourth-order valence-electron chi connectivity index (χ4n) is 5.35. The highest BCUT2D eigenvalue weighted by Crippen LogP contribution is 2.42. The number of rotatable bonds is 7. The number of hydrogen-bond acceptors (Lipinski definition) is 5. The Labute approximate surface area is 212 Å². The molecule has 0 radical (unpaired) electrons. The number of nitrogens with zero attached hydrogens (tertiary/aromatic N) is 2. The number of piperidine rings is 1. The molecular formula is C29H34FN5O. The molecule has 2 aromatic carbocycles. The molecule has 0 aliphatic carbocycles. The van der Waals surface area contributed by atoms with Crippen LogP contribution in [0.1, 0.15) is 48.2 Å². The van der Waals surface area contributed by atoms with Gasteiger partial charge in [-0.05, 0) is 79.4 Å². The summed E-state index contributed by atoms with van der Waals surface area (Å²) in [6.45, 7) is 9.25. The van der Waals surface area contributed by atoms with Crippen molar-refractivity contribution in [2.24, 2.45) is 5.92 Å². The van der Waals surface area contributed by atoms with E-state index in [1.807, 2.05) is 6.07 Å². The molecule has 2 aliphatic heterocycles. The van der Waals surface area contributed by atoms with E-state index in [0.29, 0.717) is 23.8 Å². The third-order valence-electron chi connectivity index (χ3n) is 7.27. The Bertz CT molecular complexity index is 1220. The summed E-state index contributed by atoms with van der Waals surface area (Å²) in [6.07, 6.45) is 4.06. The predicted octanol–water partition coefficient (Wildman–Crippen LogP) is 5.18. The molecule has 0 saturated carbocycles. The Hall–Kier alpha value is -3.45. The van der Waals surface area contributed by atoms with Crippen molar-refractivity contribution in [3.63, 3.8) is 0 Å². The lowest BCUT2D eigenvalue weighted by Gasteiger charge is -2.30. The first-order valence-electron chi connectivity index (χ1n) is 12.7. The smallest absolute Gasteiger partial charge is 0.259 e. The largest absolute Gasteiger partial charge is 0.370 e. The highest BCUT2D eigenvalue weighted by molar-refractivity contribution is 6.07. The van der Waals surface area contributed by atoms with Crippen molar-refractivity contribution < 1.29 is 9.18 Å². The lowest BCUT2D eigenvalue weighted by atomic mass is 9.87. The zero-order chi connectivity index (χ0) is 25.1. The standard InChI is InChI=1S/C29H34FN5O/c1-29(2)19-35(18-21-11-14-31-15-12-21)26-16-23(9-10-25(26)29)34-28(36)24-4-3-13-32-27(24)33-17-20-5-7-22(30)8-6-20/h3-10,13,16,21,31H,11-12,14-15,17-19H2,1-2H3,(H,32,33)(H,34,36). The van der Waals surface area contributed by atoms with E-state index < -0.39 is 0 Å². The van der Waals surface area contributed by atoms with E-state index in [9.17, 15) is 9.18 Å². The highest BCUT2D eigenvalue weighted by Gasteiger charge is 2.36. The Morgan fingerprint density at radius 1 is 1.14 bits per heavy atom. The summed E-state index contributed by atoms with van der Waals surface area (Å²) in [4.78, 5) is 20.1. The van der Waals surface area contributed by atoms with Gasteiger partial charge in [-0.15, -0.1) is 0 Å². The maximum Gasteiger partial charge on any atom is 0.259 e. The fraction of sp³-hybridized carbons (Fsp3) is 0.379. The maximum atomic E-state index is 13.3. The second kappa shape index (κ2) is 10.3. The van der Waals surface area contributed by atoms with E-state index in [0.717, 1.165) is 37.4 Å². The number of carbonyl (C=O) groups excluding carboxylic acids is 1. The molecule has 1 aromatic heterocycles. The van der Waals surface area contributed by atoms with Gasteiger partial charge in [-0.2, -0.15) is 0 Å². The molecule has 2 aliphatic rings. The predicted molar refractivity (Wildman–Crippen MR) is 143 cm³/mol. The van der Waals surface area contributed by atoms with Crippen LogP contribution < -0.4 is 20.9 Å². The average molecular weight is 488 g/mol. The lowest BCUT2D eigenvalue weighted by Crippen LogP contribution is -2.37. The third-order valence-corrected chi connectivity index (χ3v) is 7.27. The molecule has 3 N–H and O–H groups in total. The van der Waals surface area contributed by atoms with Crippen LogP contribution in [0, 0.1) is 11.7 Å². The van der Waals surface area contributed by atoms with Crippen LogP contribution in [0.2, 0.25) is 0 Å². The van der Waals surface area contributed by atoms with E-state index in [1.54, 1.807) is 30.5 Å². The van der Waals surface area contributed by atoms with E-state index in [-0.39, 0.29) is 17.1 Å². The van der Waals surface area contributed by atoms with Crippen molar-refractivity contribution in [3.05, 3.63) is 83.3 Å². The first kappa shape index (κ1) is 24.3. The van der Waals surface area contributed by atoms with Crippen molar-refractivity contribution in [2.75, 3.05) is 41.7 Å². The quantitative estimate of drug-likeness (QED) is 0.428. The van der Waals surface area contributed by atoms with E-state index in [2.05, 4.69) is 51.8 Å². The highest BCUT2D eigenvalue weighted by atomic mass is 19.1. The van der Waals surface area contributed by atoms with Gasteiger partial charge in [-0.1, -0.05) is 32.0 Å². The van der Waals surface area contributed by atoms with Crippen LogP contribution in [0.5, 0.6) is 0 Å². The molecule has 1 amide bonds. The van der Waals surface area contributed by atoms with Crippen molar-refractivity contribution in [3.8, 4) is 0 Å². The van der Waals surface area contributed by atoms with Crippen molar-refractivity contribution in [2.45, 2.75) is 38.6 Å². The molecular weight excluding hydrogens is 453 g/mol. The number of pyridine rings is 1. The summed E-state index contributed by atoms with van der Waals surface area (Å²) in [5.41, 5.74) is 4.77. The zero-order valence-corrected chi connectivity index (χ0v) is 21.0. The Morgan fingerprint density at radius 3 is 2.69 bits per heavy atom. The first-order chi connectivity index (χ1) is 17.4. The average Bonchev–Trinajstić information content (AvgIpc) is 3.13. The van der Waals surface area contributed by atoms with Crippen LogP contribution in [0.3, 0.4) is 0 Å². The molecule has 36 heavy (non-hydrogen) atoms. The van der Waals surface area contributed by atoms with E-state index in [1.165, 1.54) is 36.2 Å². The zero-order valence-electron chi connectivity index (χ0n) is 21.0. The van der Waals surface area contributed by atoms with E-state index >= 15 is 0 Å². The molecule has 7 heteroatoms. The summed E-state index contributed by atoms with van der Waals surface area (Å²) < 4.78 is 13.2. The Morgan fingerprint density at radius 2 is 1.92 bits per heavy atom. The second-order valence-corrected chi connectivity index (χ2v) is 10.5. The Balaban J connectivity index is 1.31. The van der Waals surface area contributed by atoms with Gasteiger partial charge in [0.15, 0.2) is 0 Å². The first-order valence-corrected chi connectivity index (χ1v) is 12.7. The molecule has 0 atom stereocenters. The van der Waals surface area contributed by atoms with Crippen molar-refractivity contribution in [1.82, 2.24) is 10.3 Å². The summed E-state index contributed by atoms with van der Waals surface area (Å²) >= 11 is 0. The normalized spacial score (nSPS) is 17.0. The van der Waals surface area contributed by atoms with Gasteiger partial charge >= 0.3 is 0 Å². The molecule has 1 fully saturated rings. The number of aromatic nitrogens is 1. The third kappa shape index (κ3) is 5.36. The molecule has 6 nitrogen and oxygen atoms in total. The van der Waals surface area contributed by atoms with Gasteiger partial charge in [0.2, 0.25) is 0 Å². The number of halogens is 1. The van der Waals surface area contributed by atoms with Gasteiger partial charge in [0.05, 0.1) is 5.56 Å². The van der Waals surface area contributed by atoms with Crippen molar-refractivity contribution in [1.29, 1.82) is 0 Å². The monoisotopic (exact) mass is 487 g/mol. The summed E-state index contributed by atoms with van der Waals surface area (Å²) in [7, 11) is 0. The van der Waals surface area contributed by atoms with Gasteiger partial charge < -0.3 is 20.9 Å². The van der Waals surface area contributed by atoms with Crippen LogP contribution in [0.4, 0.5) is 21.6 Å². The van der Waals surface area contributed by atoms with Gasteiger partial charge in [0.1, 0.15) is 11.6 Å². The summed E-state index contributed by atoms with van der Waals surface area (Å²) in [5.74, 6) is 0.695. The van der Waals surface area contributed by atoms with Crippen LogP contribution in [-0.4, -0.2) is 37.1 Å². The van der Waals surface area contributed by atoms with Crippen LogP contribution in [-0.2, 0) is 12.0 Å². The van der Waals surface area contributed by atoms with Gasteiger partial charge in [-0.3, -0.25) is 4.79 Å².